The topological polar surface area (TPSA) is 79.8 Å². The molecule has 1 aromatic heterocycles. The molecule has 2 amide bonds. The molecule has 2 heterocycles. The molecule has 8 nitrogen and oxygen atoms in total. The third-order valence-electron chi connectivity index (χ3n) is 4.39. The van der Waals surface area contributed by atoms with Crippen LogP contribution in [-0.2, 0) is 6.18 Å². The van der Waals surface area contributed by atoms with Gasteiger partial charge in [-0.25, -0.2) is 4.79 Å². The number of carbonyl (C=O) groups is 1. The zero-order valence-corrected chi connectivity index (χ0v) is 15.9. The maximum absolute atomic E-state index is 12.8. The van der Waals surface area contributed by atoms with E-state index in [-0.39, 0.29) is 11.7 Å². The molecule has 156 valence electrons. The molecule has 0 atom stereocenters. The normalized spacial score (nSPS) is 14.5. The van der Waals surface area contributed by atoms with E-state index in [1.807, 2.05) is 4.90 Å². The minimum atomic E-state index is -4.47. The molecular weight excluding hydrogens is 391 g/mol. The smallest absolute Gasteiger partial charge is 0.416 e. The van der Waals surface area contributed by atoms with Crippen LogP contribution in [0, 0.1) is 0 Å². The number of methoxy groups -OCH3 is 2. The van der Waals surface area contributed by atoms with E-state index in [9.17, 15) is 18.0 Å². The van der Waals surface area contributed by atoms with E-state index in [4.69, 9.17) is 9.47 Å². The molecule has 0 spiro atoms. The van der Waals surface area contributed by atoms with Crippen LogP contribution in [-0.4, -0.2) is 61.3 Å². The molecule has 1 saturated heterocycles. The highest BCUT2D eigenvalue weighted by Crippen LogP contribution is 2.30. The minimum absolute atomic E-state index is 0.0949. The fraction of sp³-hybridized carbons (Fsp3) is 0.389. The molecule has 1 aliphatic rings. The van der Waals surface area contributed by atoms with Crippen molar-refractivity contribution in [3.8, 4) is 11.9 Å². The standard InChI is InChI=1S/C18H20F3N5O3/c1-28-15-11-14(23-16(24-15)29-2)25-6-8-26(9-7-25)17(27)22-13-5-3-4-12(10-13)18(19,20)21/h3-5,10-11H,6-9H2,1-2H3,(H,22,27). The first-order chi connectivity index (χ1) is 13.8. The second kappa shape index (κ2) is 8.41. The number of ether oxygens (including phenoxy) is 2. The Hall–Kier alpha value is -3.24. The molecular formula is C18H20F3N5O3. The molecule has 11 heteroatoms. The molecule has 1 fully saturated rings. The van der Waals surface area contributed by atoms with Crippen molar-refractivity contribution in [1.29, 1.82) is 0 Å². The van der Waals surface area contributed by atoms with Crippen LogP contribution in [0.15, 0.2) is 30.3 Å². The van der Waals surface area contributed by atoms with Crippen LogP contribution in [0.1, 0.15) is 5.56 Å². The van der Waals surface area contributed by atoms with Gasteiger partial charge in [0.2, 0.25) is 5.88 Å². The maximum atomic E-state index is 12.8. The zero-order valence-electron chi connectivity index (χ0n) is 15.9. The lowest BCUT2D eigenvalue weighted by Gasteiger charge is -2.35. The largest absolute Gasteiger partial charge is 0.481 e. The van der Waals surface area contributed by atoms with E-state index < -0.39 is 17.8 Å². The number of piperazine rings is 1. The summed E-state index contributed by atoms with van der Waals surface area (Å²) in [5.74, 6) is 0.961. The fourth-order valence-electron chi connectivity index (χ4n) is 2.86. The average molecular weight is 411 g/mol. The Bertz CT molecular complexity index is 848. The number of alkyl halides is 3. The number of carbonyl (C=O) groups excluding carboxylic acids is 1. The monoisotopic (exact) mass is 411 g/mol. The number of nitrogens with zero attached hydrogens (tertiary/aromatic N) is 4. The third kappa shape index (κ3) is 4.98. The third-order valence-corrected chi connectivity index (χ3v) is 4.39. The number of halogens is 3. The molecule has 0 bridgehead atoms. The van der Waals surface area contributed by atoms with Gasteiger partial charge in [0.15, 0.2) is 0 Å². The van der Waals surface area contributed by atoms with E-state index >= 15 is 0 Å². The lowest BCUT2D eigenvalue weighted by atomic mass is 10.2. The second-order valence-electron chi connectivity index (χ2n) is 6.24. The van der Waals surface area contributed by atoms with Crippen LogP contribution in [0.3, 0.4) is 0 Å². The quantitative estimate of drug-likeness (QED) is 0.834. The summed E-state index contributed by atoms with van der Waals surface area (Å²) in [4.78, 5) is 24.2. The average Bonchev–Trinajstić information content (AvgIpc) is 2.73. The SMILES string of the molecule is COc1cc(N2CCN(C(=O)Nc3cccc(C(F)(F)F)c3)CC2)nc(OC)n1. The van der Waals surface area contributed by atoms with Crippen LogP contribution in [0.25, 0.3) is 0 Å². The van der Waals surface area contributed by atoms with Gasteiger partial charge in [-0.3, -0.25) is 0 Å². The molecule has 0 unspecified atom stereocenters. The highest BCUT2D eigenvalue weighted by Gasteiger charge is 2.31. The second-order valence-corrected chi connectivity index (χ2v) is 6.24. The number of anilines is 2. The molecule has 29 heavy (non-hydrogen) atoms. The van der Waals surface area contributed by atoms with E-state index in [0.717, 1.165) is 12.1 Å². The van der Waals surface area contributed by atoms with E-state index in [0.29, 0.717) is 37.9 Å². The van der Waals surface area contributed by atoms with Crippen molar-refractivity contribution in [2.24, 2.45) is 0 Å². The molecule has 0 radical (unpaired) electrons. The Labute approximate surface area is 165 Å². The summed E-state index contributed by atoms with van der Waals surface area (Å²) < 4.78 is 48.6. The Morgan fingerprint density at radius 3 is 2.41 bits per heavy atom. The summed E-state index contributed by atoms with van der Waals surface area (Å²) in [6.45, 7) is 1.72. The Balaban J connectivity index is 1.62. The van der Waals surface area contributed by atoms with Crippen LogP contribution in [0.4, 0.5) is 29.5 Å². The van der Waals surface area contributed by atoms with Crippen molar-refractivity contribution in [2.45, 2.75) is 6.18 Å². The van der Waals surface area contributed by atoms with Crippen molar-refractivity contribution >= 4 is 17.5 Å². The number of rotatable bonds is 4. The molecule has 2 aromatic rings. The molecule has 0 aliphatic carbocycles. The molecule has 1 aliphatic heterocycles. The van der Waals surface area contributed by atoms with Gasteiger partial charge in [0.25, 0.3) is 0 Å². The van der Waals surface area contributed by atoms with Gasteiger partial charge in [-0.1, -0.05) is 6.07 Å². The highest BCUT2D eigenvalue weighted by molar-refractivity contribution is 5.89. The van der Waals surface area contributed by atoms with Crippen molar-refractivity contribution in [1.82, 2.24) is 14.9 Å². The number of aromatic nitrogens is 2. The first-order valence-corrected chi connectivity index (χ1v) is 8.75. The predicted molar refractivity (Wildman–Crippen MR) is 99.4 cm³/mol. The Morgan fingerprint density at radius 2 is 1.79 bits per heavy atom. The van der Waals surface area contributed by atoms with Crippen molar-refractivity contribution in [2.75, 3.05) is 50.6 Å². The Kier molecular flexibility index (Phi) is 5.95. The number of hydrogen-bond donors (Lipinski definition) is 1. The van der Waals surface area contributed by atoms with Gasteiger partial charge in [0.05, 0.1) is 19.8 Å². The van der Waals surface area contributed by atoms with Crippen molar-refractivity contribution in [3.05, 3.63) is 35.9 Å². The molecule has 1 N–H and O–H groups in total. The summed E-state index contributed by atoms with van der Waals surface area (Å²) in [7, 11) is 2.94. The summed E-state index contributed by atoms with van der Waals surface area (Å²) in [6, 6.07) is 5.92. The van der Waals surface area contributed by atoms with Crippen molar-refractivity contribution in [3.63, 3.8) is 0 Å². The summed E-state index contributed by atoms with van der Waals surface area (Å²) >= 11 is 0. The highest BCUT2D eigenvalue weighted by atomic mass is 19.4. The van der Waals surface area contributed by atoms with Gasteiger partial charge in [-0.05, 0) is 18.2 Å². The van der Waals surface area contributed by atoms with Gasteiger partial charge in [0.1, 0.15) is 5.82 Å². The number of benzene rings is 1. The number of amides is 2. The Morgan fingerprint density at radius 1 is 1.07 bits per heavy atom. The van der Waals surface area contributed by atoms with Gasteiger partial charge < -0.3 is 24.6 Å². The lowest BCUT2D eigenvalue weighted by Crippen LogP contribution is -2.50. The molecule has 0 saturated carbocycles. The molecule has 3 rings (SSSR count). The van der Waals surface area contributed by atoms with Gasteiger partial charge in [0, 0.05) is 37.9 Å². The van der Waals surface area contributed by atoms with E-state index in [1.165, 1.54) is 31.3 Å². The van der Waals surface area contributed by atoms with Crippen LogP contribution in [0.2, 0.25) is 0 Å². The minimum Gasteiger partial charge on any atom is -0.481 e. The van der Waals surface area contributed by atoms with Gasteiger partial charge in [-0.2, -0.15) is 23.1 Å². The van der Waals surface area contributed by atoms with Crippen LogP contribution >= 0.6 is 0 Å². The summed E-state index contributed by atoms with van der Waals surface area (Å²) in [5, 5.41) is 2.52. The molecule has 1 aromatic carbocycles. The van der Waals surface area contributed by atoms with E-state index in [2.05, 4.69) is 15.3 Å². The number of urea groups is 1. The van der Waals surface area contributed by atoms with Crippen molar-refractivity contribution < 1.29 is 27.4 Å². The fourth-order valence-corrected chi connectivity index (χ4v) is 2.86. The first kappa shape index (κ1) is 20.5. The number of hydrogen-bond acceptors (Lipinski definition) is 6. The lowest BCUT2D eigenvalue weighted by molar-refractivity contribution is -0.137. The summed E-state index contributed by atoms with van der Waals surface area (Å²) in [5.41, 5.74) is -0.718. The van der Waals surface area contributed by atoms with E-state index in [1.54, 1.807) is 6.07 Å². The van der Waals surface area contributed by atoms with Gasteiger partial charge >= 0.3 is 18.2 Å². The maximum Gasteiger partial charge on any atom is 0.416 e. The number of nitrogens with one attached hydrogen (secondary N) is 1. The van der Waals surface area contributed by atoms with Crippen LogP contribution in [0.5, 0.6) is 11.9 Å². The van der Waals surface area contributed by atoms with Gasteiger partial charge in [-0.15, -0.1) is 0 Å². The predicted octanol–water partition coefficient (Wildman–Crippen LogP) is 2.87. The van der Waals surface area contributed by atoms with Crippen LogP contribution < -0.4 is 19.7 Å². The first-order valence-electron chi connectivity index (χ1n) is 8.75. The zero-order chi connectivity index (χ0) is 21.0. The summed E-state index contributed by atoms with van der Waals surface area (Å²) in [6.07, 6.45) is -4.47.